The fourth-order valence-corrected chi connectivity index (χ4v) is 9.12. The van der Waals surface area contributed by atoms with E-state index in [1.807, 2.05) is 23.2 Å². The van der Waals surface area contributed by atoms with E-state index in [9.17, 15) is 24.0 Å². The van der Waals surface area contributed by atoms with E-state index in [1.165, 1.54) is 12.1 Å². The molecule has 0 unspecified atom stereocenters. The lowest BCUT2D eigenvalue weighted by Crippen LogP contribution is -2.58. The highest BCUT2D eigenvalue weighted by molar-refractivity contribution is 6.22. The van der Waals surface area contributed by atoms with Crippen LogP contribution in [-0.2, 0) is 4.79 Å². The van der Waals surface area contributed by atoms with Crippen molar-refractivity contribution in [3.8, 4) is 0 Å². The summed E-state index contributed by atoms with van der Waals surface area (Å²) in [6.45, 7) is 5.46. The molecule has 18 heteroatoms. The van der Waals surface area contributed by atoms with E-state index in [0.717, 1.165) is 93.0 Å². The second kappa shape index (κ2) is 15.5. The summed E-state index contributed by atoms with van der Waals surface area (Å²) in [5, 5.41) is 7.69. The van der Waals surface area contributed by atoms with Gasteiger partial charge in [-0.25, -0.2) is 24.2 Å². The summed E-state index contributed by atoms with van der Waals surface area (Å²) in [5.74, 6) is -1.45. The van der Waals surface area contributed by atoms with E-state index >= 15 is 4.39 Å². The molecular formula is C41H47FN12O5. The van der Waals surface area contributed by atoms with Gasteiger partial charge in [0.25, 0.3) is 17.7 Å². The van der Waals surface area contributed by atoms with Crippen molar-refractivity contribution < 1.29 is 28.4 Å². The number of rotatable bonds is 9. The van der Waals surface area contributed by atoms with Crippen molar-refractivity contribution in [2.75, 3.05) is 81.6 Å². The Morgan fingerprint density at radius 3 is 2.31 bits per heavy atom. The number of hydrogen-bond acceptors (Lipinski definition) is 12. The van der Waals surface area contributed by atoms with Crippen molar-refractivity contribution in [1.82, 2.24) is 44.7 Å². The van der Waals surface area contributed by atoms with Crippen LogP contribution in [-0.4, -0.2) is 135 Å². The fourth-order valence-electron chi connectivity index (χ4n) is 9.12. The van der Waals surface area contributed by atoms with Gasteiger partial charge in [0.1, 0.15) is 23.0 Å². The highest BCUT2D eigenvalue weighted by Crippen LogP contribution is 2.36. The number of anilines is 4. The van der Waals surface area contributed by atoms with Crippen LogP contribution in [0.5, 0.6) is 0 Å². The molecule has 3 aromatic heterocycles. The summed E-state index contributed by atoms with van der Waals surface area (Å²) in [6, 6.07) is 8.07. The number of benzene rings is 1. The van der Waals surface area contributed by atoms with E-state index < -0.39 is 29.6 Å². The van der Waals surface area contributed by atoms with Crippen LogP contribution in [0.2, 0.25) is 0 Å². The first-order valence-corrected chi connectivity index (χ1v) is 20.4. The molecule has 0 radical (unpaired) electrons. The van der Waals surface area contributed by atoms with Crippen molar-refractivity contribution in [3.05, 3.63) is 65.4 Å². The first kappa shape index (κ1) is 38.4. The van der Waals surface area contributed by atoms with Gasteiger partial charge in [0.2, 0.25) is 11.9 Å². The fraction of sp³-hybridized carbons (Fsp3) is 0.463. The molecule has 9 rings (SSSR count). The predicted octanol–water partition coefficient (Wildman–Crippen LogP) is 4.02. The van der Waals surface area contributed by atoms with Gasteiger partial charge in [-0.15, -0.1) is 0 Å². The largest absolute Gasteiger partial charge is 0.370 e. The number of amides is 6. The van der Waals surface area contributed by atoms with Gasteiger partial charge in [0.05, 0.1) is 29.6 Å². The first-order valence-electron chi connectivity index (χ1n) is 20.4. The van der Waals surface area contributed by atoms with Gasteiger partial charge in [-0.05, 0) is 61.9 Å². The number of fused-ring (bicyclic) bond motifs is 2. The number of carbonyl (C=O) groups is 5. The standard InChI is InChI=1S/C41H47FN12O5/c1-48(2)38(57)32-19-26-22-44-40(47-36(26)53(32)27-5-3-4-6-27)45-33-8-7-28(23-43-33)50-12-9-25(10-13-50)24-49-15-17-51(18-16-49)29-20-30-35(31(42)21-29)39(58)54(37(30)56)52-14-11-34(55)46-41(52)59/h7-8,19-23,25,27H,3-6,9-18,24H2,1-2H3,(H,46,55,59)(H,43,44,45,47). The lowest BCUT2D eigenvalue weighted by Gasteiger charge is -2.40. The molecule has 1 aromatic carbocycles. The molecule has 5 aliphatic rings. The molecule has 3 saturated heterocycles. The number of urea groups is 1. The molecule has 0 bridgehead atoms. The van der Waals surface area contributed by atoms with Crippen LogP contribution in [0.4, 0.5) is 32.3 Å². The molecule has 17 nitrogen and oxygen atoms in total. The summed E-state index contributed by atoms with van der Waals surface area (Å²) in [5.41, 5.74) is 2.52. The van der Waals surface area contributed by atoms with Crippen molar-refractivity contribution in [2.24, 2.45) is 5.92 Å². The van der Waals surface area contributed by atoms with Crippen LogP contribution in [0.3, 0.4) is 0 Å². The zero-order valence-electron chi connectivity index (χ0n) is 33.2. The second-order valence-corrected chi connectivity index (χ2v) is 16.3. The number of hydrazine groups is 1. The monoisotopic (exact) mass is 806 g/mol. The number of imide groups is 2. The van der Waals surface area contributed by atoms with Gasteiger partial charge in [-0.1, -0.05) is 12.8 Å². The maximum atomic E-state index is 15.4. The average Bonchev–Trinajstić information content (AvgIpc) is 3.95. The van der Waals surface area contributed by atoms with Gasteiger partial charge >= 0.3 is 6.03 Å². The number of nitrogens with zero attached hydrogens (tertiary/aromatic N) is 10. The Morgan fingerprint density at radius 2 is 1.61 bits per heavy atom. The molecule has 4 aromatic rings. The Balaban J connectivity index is 0.770. The maximum Gasteiger partial charge on any atom is 0.343 e. The lowest BCUT2D eigenvalue weighted by atomic mass is 9.95. The third-order valence-corrected chi connectivity index (χ3v) is 12.3. The molecule has 4 aliphatic heterocycles. The van der Waals surface area contributed by atoms with Crippen molar-refractivity contribution >= 4 is 63.8 Å². The number of piperidine rings is 1. The van der Waals surface area contributed by atoms with Crippen molar-refractivity contribution in [2.45, 2.75) is 51.0 Å². The molecule has 7 heterocycles. The summed E-state index contributed by atoms with van der Waals surface area (Å²) in [4.78, 5) is 85.9. The number of halogens is 1. The molecule has 59 heavy (non-hydrogen) atoms. The highest BCUT2D eigenvalue weighted by Gasteiger charge is 2.45. The average molecular weight is 807 g/mol. The molecule has 4 fully saturated rings. The summed E-state index contributed by atoms with van der Waals surface area (Å²) in [6.07, 6.45) is 9.97. The van der Waals surface area contributed by atoms with Gasteiger partial charge in [0, 0.05) is 89.6 Å². The predicted molar refractivity (Wildman–Crippen MR) is 216 cm³/mol. The van der Waals surface area contributed by atoms with E-state index in [4.69, 9.17) is 4.98 Å². The zero-order chi connectivity index (χ0) is 40.9. The second-order valence-electron chi connectivity index (χ2n) is 16.3. The van der Waals surface area contributed by atoms with Crippen LogP contribution >= 0.6 is 0 Å². The Labute approximate surface area is 340 Å². The summed E-state index contributed by atoms with van der Waals surface area (Å²) >= 11 is 0. The van der Waals surface area contributed by atoms with Gasteiger partial charge in [-0.3, -0.25) is 29.4 Å². The number of piperazine rings is 1. The lowest BCUT2D eigenvalue weighted by molar-refractivity contribution is -0.122. The zero-order valence-corrected chi connectivity index (χ0v) is 33.2. The third kappa shape index (κ3) is 7.29. The topological polar surface area (TPSA) is 172 Å². The van der Waals surface area contributed by atoms with Crippen molar-refractivity contribution in [1.29, 1.82) is 0 Å². The first-order chi connectivity index (χ1) is 28.5. The summed E-state index contributed by atoms with van der Waals surface area (Å²) < 4.78 is 17.5. The SMILES string of the molecule is CN(C)C(=O)c1cc2cnc(Nc3ccc(N4CCC(CN5CCN(c6cc(F)c7c(c6)C(=O)N(N6CCC(=O)NC6=O)C7=O)CC5)CC4)cn3)nc2n1C1CCCC1. The van der Waals surface area contributed by atoms with E-state index in [1.54, 1.807) is 25.2 Å². The van der Waals surface area contributed by atoms with Crippen LogP contribution in [0.25, 0.3) is 11.0 Å². The molecule has 1 saturated carbocycles. The quantitative estimate of drug-likeness (QED) is 0.233. The Kier molecular flexibility index (Phi) is 10.1. The minimum absolute atomic E-state index is 0.0424. The van der Waals surface area contributed by atoms with Gasteiger partial charge in [0.15, 0.2) is 0 Å². The highest BCUT2D eigenvalue weighted by atomic mass is 19.1. The van der Waals surface area contributed by atoms with Crippen LogP contribution in [0.1, 0.15) is 82.2 Å². The number of aromatic nitrogens is 4. The molecule has 0 atom stereocenters. The third-order valence-electron chi connectivity index (χ3n) is 12.3. The summed E-state index contributed by atoms with van der Waals surface area (Å²) in [7, 11) is 3.53. The molecule has 6 amide bonds. The molecular weight excluding hydrogens is 760 g/mol. The minimum atomic E-state index is -0.917. The normalized spacial score (nSPS) is 19.6. The Hall–Kier alpha value is -6.17. The van der Waals surface area contributed by atoms with E-state index in [0.29, 0.717) is 47.2 Å². The van der Waals surface area contributed by atoms with Crippen LogP contribution in [0.15, 0.2) is 42.7 Å². The number of hydrogen-bond donors (Lipinski definition) is 2. The molecule has 308 valence electrons. The molecule has 2 N–H and O–H groups in total. The van der Waals surface area contributed by atoms with E-state index in [-0.39, 0.29) is 36.0 Å². The smallest absolute Gasteiger partial charge is 0.343 e. The number of carbonyl (C=O) groups excluding carboxylic acids is 5. The van der Waals surface area contributed by atoms with Crippen LogP contribution < -0.4 is 20.4 Å². The Morgan fingerprint density at radius 1 is 0.864 bits per heavy atom. The van der Waals surface area contributed by atoms with Crippen molar-refractivity contribution in [3.63, 3.8) is 0 Å². The molecule has 1 aliphatic carbocycles. The van der Waals surface area contributed by atoms with Gasteiger partial charge in [-0.2, -0.15) is 9.99 Å². The number of nitrogens with one attached hydrogen (secondary N) is 2. The minimum Gasteiger partial charge on any atom is -0.370 e. The number of pyridine rings is 1. The molecule has 0 spiro atoms. The Bertz CT molecular complexity index is 2330. The van der Waals surface area contributed by atoms with E-state index in [2.05, 4.69) is 41.0 Å². The van der Waals surface area contributed by atoms with Crippen LogP contribution in [0, 0.1) is 11.7 Å². The maximum absolute atomic E-state index is 15.4. The van der Waals surface area contributed by atoms with Gasteiger partial charge < -0.3 is 24.6 Å².